The molecule has 0 aliphatic rings. The fourth-order valence-corrected chi connectivity index (χ4v) is 3.00. The smallest absolute Gasteiger partial charge is 0.434 e. The Bertz CT molecular complexity index is 896. The van der Waals surface area contributed by atoms with E-state index >= 15 is 0 Å². The van der Waals surface area contributed by atoms with Crippen molar-refractivity contribution in [2.24, 2.45) is 0 Å². The molecule has 0 aliphatic carbocycles. The van der Waals surface area contributed by atoms with Crippen molar-refractivity contribution < 1.29 is 14.3 Å². The third-order valence-corrected chi connectivity index (χ3v) is 4.30. The van der Waals surface area contributed by atoms with Crippen LogP contribution in [-0.2, 0) is 4.74 Å². The van der Waals surface area contributed by atoms with Gasteiger partial charge in [0.1, 0.15) is 5.75 Å². The van der Waals surface area contributed by atoms with Gasteiger partial charge in [-0.15, -0.1) is 0 Å². The maximum atomic E-state index is 12.1. The van der Waals surface area contributed by atoms with Gasteiger partial charge in [0.2, 0.25) is 0 Å². The lowest BCUT2D eigenvalue weighted by atomic mass is 9.96. The van der Waals surface area contributed by atoms with E-state index in [0.717, 1.165) is 45.5 Å². The predicted molar refractivity (Wildman–Crippen MR) is 97.8 cm³/mol. The fraction of sp³-hybridized carbons (Fsp3) is 0.286. The van der Waals surface area contributed by atoms with Gasteiger partial charge in [0, 0.05) is 10.8 Å². The van der Waals surface area contributed by atoms with Crippen LogP contribution in [-0.4, -0.2) is 12.8 Å². The number of aryl methyl sites for hydroxylation is 2. The third kappa shape index (κ3) is 3.07. The summed E-state index contributed by atoms with van der Waals surface area (Å²) in [6, 6.07) is 14.3. The molecule has 3 aromatic rings. The van der Waals surface area contributed by atoms with E-state index in [0.29, 0.717) is 12.4 Å². The van der Waals surface area contributed by atoms with Crippen LogP contribution in [0.25, 0.3) is 21.5 Å². The Morgan fingerprint density at radius 1 is 1.00 bits per heavy atom. The first-order valence-corrected chi connectivity index (χ1v) is 8.38. The molecule has 0 radical (unpaired) electrons. The van der Waals surface area contributed by atoms with Gasteiger partial charge in [0.05, 0.1) is 6.61 Å². The monoisotopic (exact) mass is 322 g/mol. The Morgan fingerprint density at radius 3 is 2.54 bits per heavy atom. The summed E-state index contributed by atoms with van der Waals surface area (Å²) >= 11 is 0. The van der Waals surface area contributed by atoms with Crippen molar-refractivity contribution in [3.63, 3.8) is 0 Å². The van der Waals surface area contributed by atoms with Crippen LogP contribution in [0.4, 0.5) is 4.79 Å². The molecule has 0 saturated heterocycles. The number of hydrogen-bond acceptors (Lipinski definition) is 3. The number of benzene rings is 3. The third-order valence-electron chi connectivity index (χ3n) is 4.30. The highest BCUT2D eigenvalue weighted by Crippen LogP contribution is 2.38. The minimum absolute atomic E-state index is 0.385. The molecule has 0 aliphatic heterocycles. The summed E-state index contributed by atoms with van der Waals surface area (Å²) in [5.74, 6) is 0.589. The van der Waals surface area contributed by atoms with Crippen LogP contribution < -0.4 is 4.74 Å². The van der Waals surface area contributed by atoms with Gasteiger partial charge < -0.3 is 9.47 Å². The molecule has 0 N–H and O–H groups in total. The maximum absolute atomic E-state index is 12.1. The zero-order valence-corrected chi connectivity index (χ0v) is 14.4. The van der Waals surface area contributed by atoms with E-state index < -0.39 is 6.16 Å². The van der Waals surface area contributed by atoms with Crippen molar-refractivity contribution >= 4 is 27.7 Å². The van der Waals surface area contributed by atoms with Crippen LogP contribution in [0.5, 0.6) is 5.75 Å². The number of hydrogen-bond donors (Lipinski definition) is 0. The van der Waals surface area contributed by atoms with Crippen molar-refractivity contribution in [2.45, 2.75) is 33.6 Å². The standard InChI is InChI=1S/C21H22O3/c1-4-5-12-23-21(22)24-20-17-11-7-8-14(2)18(17)13-16-10-6-9-15(3)19(16)20/h6-11,13H,4-5,12H2,1-3H3. The number of carbonyl (C=O) groups excluding carboxylic acids is 1. The molecule has 0 fully saturated rings. The summed E-state index contributed by atoms with van der Waals surface area (Å²) in [4.78, 5) is 12.1. The van der Waals surface area contributed by atoms with Crippen LogP contribution in [0, 0.1) is 13.8 Å². The first kappa shape index (κ1) is 16.3. The summed E-state index contributed by atoms with van der Waals surface area (Å²) in [7, 11) is 0. The normalized spacial score (nSPS) is 11.0. The molecule has 0 unspecified atom stereocenters. The van der Waals surface area contributed by atoms with E-state index in [1.54, 1.807) is 0 Å². The Balaban J connectivity index is 2.14. The van der Waals surface area contributed by atoms with Gasteiger partial charge in [-0.1, -0.05) is 49.7 Å². The van der Waals surface area contributed by atoms with Gasteiger partial charge in [-0.25, -0.2) is 4.79 Å². The molecule has 0 amide bonds. The Kier molecular flexibility index (Phi) is 4.70. The van der Waals surface area contributed by atoms with E-state index in [-0.39, 0.29) is 0 Å². The van der Waals surface area contributed by atoms with Crippen molar-refractivity contribution in [1.29, 1.82) is 0 Å². The molecule has 0 heterocycles. The minimum atomic E-state index is -0.637. The van der Waals surface area contributed by atoms with Gasteiger partial charge >= 0.3 is 6.16 Å². The first-order valence-electron chi connectivity index (χ1n) is 8.38. The number of carbonyl (C=O) groups is 1. The van der Waals surface area contributed by atoms with Crippen LogP contribution >= 0.6 is 0 Å². The number of rotatable bonds is 4. The van der Waals surface area contributed by atoms with Gasteiger partial charge in [-0.3, -0.25) is 0 Å². The van der Waals surface area contributed by atoms with E-state index in [1.807, 2.05) is 37.3 Å². The van der Waals surface area contributed by atoms with Gasteiger partial charge in [0.25, 0.3) is 0 Å². The molecular weight excluding hydrogens is 300 g/mol. The largest absolute Gasteiger partial charge is 0.513 e. The Hall–Kier alpha value is -2.55. The lowest BCUT2D eigenvalue weighted by Gasteiger charge is -2.14. The van der Waals surface area contributed by atoms with Crippen LogP contribution in [0.15, 0.2) is 42.5 Å². The molecule has 24 heavy (non-hydrogen) atoms. The molecule has 3 heteroatoms. The second-order valence-corrected chi connectivity index (χ2v) is 6.10. The summed E-state index contributed by atoms with van der Waals surface area (Å²) in [5.41, 5.74) is 2.23. The molecule has 3 nitrogen and oxygen atoms in total. The second kappa shape index (κ2) is 6.91. The van der Waals surface area contributed by atoms with Crippen LogP contribution in [0.3, 0.4) is 0 Å². The van der Waals surface area contributed by atoms with Crippen molar-refractivity contribution in [3.8, 4) is 5.75 Å². The minimum Gasteiger partial charge on any atom is -0.434 e. The highest BCUT2D eigenvalue weighted by Gasteiger charge is 2.16. The zero-order chi connectivity index (χ0) is 17.1. The van der Waals surface area contributed by atoms with Crippen LogP contribution in [0.2, 0.25) is 0 Å². The molecule has 0 aromatic heterocycles. The predicted octanol–water partition coefficient (Wildman–Crippen LogP) is 5.93. The SMILES string of the molecule is CCCCOC(=O)Oc1c2cccc(C)c2cc2cccc(C)c12. The topological polar surface area (TPSA) is 35.5 Å². The number of unbranched alkanes of at least 4 members (excludes halogenated alkanes) is 1. The zero-order valence-electron chi connectivity index (χ0n) is 14.4. The molecule has 0 atom stereocenters. The van der Waals surface area contributed by atoms with Gasteiger partial charge in [0.15, 0.2) is 0 Å². The Labute approximate surface area is 142 Å². The van der Waals surface area contributed by atoms with Crippen molar-refractivity contribution in [3.05, 3.63) is 53.6 Å². The highest BCUT2D eigenvalue weighted by molar-refractivity contribution is 6.08. The summed E-state index contributed by atoms with van der Waals surface area (Å²) in [6.07, 6.45) is 1.17. The first-order chi connectivity index (χ1) is 11.6. The van der Waals surface area contributed by atoms with Crippen LogP contribution in [0.1, 0.15) is 30.9 Å². The Morgan fingerprint density at radius 2 is 1.75 bits per heavy atom. The van der Waals surface area contributed by atoms with E-state index in [4.69, 9.17) is 9.47 Å². The molecule has 3 aromatic carbocycles. The second-order valence-electron chi connectivity index (χ2n) is 6.10. The van der Waals surface area contributed by atoms with Crippen molar-refractivity contribution in [2.75, 3.05) is 6.61 Å². The maximum Gasteiger partial charge on any atom is 0.513 e. The van der Waals surface area contributed by atoms with E-state index in [9.17, 15) is 4.79 Å². The highest BCUT2D eigenvalue weighted by atomic mass is 16.7. The quantitative estimate of drug-likeness (QED) is 0.259. The lowest BCUT2D eigenvalue weighted by molar-refractivity contribution is 0.0988. The molecular formula is C21H22O3. The van der Waals surface area contributed by atoms with Gasteiger partial charge in [-0.2, -0.15) is 0 Å². The molecule has 0 saturated carbocycles. The molecule has 0 bridgehead atoms. The van der Waals surface area contributed by atoms with Crippen molar-refractivity contribution in [1.82, 2.24) is 0 Å². The molecule has 124 valence electrons. The molecule has 0 spiro atoms. The number of ether oxygens (including phenoxy) is 2. The lowest BCUT2D eigenvalue weighted by Crippen LogP contribution is -2.12. The summed E-state index contributed by atoms with van der Waals surface area (Å²) in [6.45, 7) is 6.53. The number of fused-ring (bicyclic) bond motifs is 2. The summed E-state index contributed by atoms with van der Waals surface area (Å²) < 4.78 is 10.9. The van der Waals surface area contributed by atoms with E-state index in [2.05, 4.69) is 26.0 Å². The fourth-order valence-electron chi connectivity index (χ4n) is 3.00. The average Bonchev–Trinajstić information content (AvgIpc) is 2.56. The molecule has 3 rings (SSSR count). The van der Waals surface area contributed by atoms with E-state index in [1.165, 1.54) is 0 Å². The van der Waals surface area contributed by atoms with Gasteiger partial charge in [-0.05, 0) is 48.2 Å². The summed E-state index contributed by atoms with van der Waals surface area (Å²) in [5, 5.41) is 4.05. The average molecular weight is 322 g/mol.